The van der Waals surface area contributed by atoms with Gasteiger partial charge in [-0.3, -0.25) is 0 Å². The van der Waals surface area contributed by atoms with Gasteiger partial charge < -0.3 is 9.47 Å². The summed E-state index contributed by atoms with van der Waals surface area (Å²) in [5.74, 6) is -0.786. The molecule has 0 aliphatic rings. The standard InChI is InChI=1S/C12H13BrF2O3/c1-17-11(16)9-6-2-4-8(5-3-7-13)10(9)18-12(14)15/h2,4,6,12H,3,5,7H2,1H3. The van der Waals surface area contributed by atoms with Crippen LogP contribution in [0.1, 0.15) is 22.3 Å². The number of carbonyl (C=O) groups excluding carboxylic acids is 1. The first-order chi connectivity index (χ1) is 8.60. The number of para-hydroxylation sites is 1. The van der Waals surface area contributed by atoms with E-state index in [4.69, 9.17) is 0 Å². The zero-order chi connectivity index (χ0) is 13.5. The van der Waals surface area contributed by atoms with E-state index in [1.807, 2.05) is 0 Å². The van der Waals surface area contributed by atoms with Crippen LogP contribution in [0.15, 0.2) is 18.2 Å². The van der Waals surface area contributed by atoms with E-state index in [1.165, 1.54) is 13.2 Å². The summed E-state index contributed by atoms with van der Waals surface area (Å²) >= 11 is 3.26. The molecule has 3 nitrogen and oxygen atoms in total. The molecule has 0 aliphatic heterocycles. The highest BCUT2D eigenvalue weighted by molar-refractivity contribution is 9.09. The van der Waals surface area contributed by atoms with E-state index >= 15 is 0 Å². The maximum Gasteiger partial charge on any atom is 0.387 e. The van der Waals surface area contributed by atoms with Crippen LogP contribution in [-0.4, -0.2) is 25.0 Å². The summed E-state index contributed by atoms with van der Waals surface area (Å²) in [5.41, 5.74) is 0.586. The monoisotopic (exact) mass is 322 g/mol. The van der Waals surface area contributed by atoms with Gasteiger partial charge in [-0.05, 0) is 24.5 Å². The molecule has 1 rings (SSSR count). The fourth-order valence-electron chi connectivity index (χ4n) is 1.54. The molecule has 0 atom stereocenters. The van der Waals surface area contributed by atoms with Crippen LogP contribution in [0.4, 0.5) is 8.78 Å². The molecule has 0 aliphatic carbocycles. The fourth-order valence-corrected chi connectivity index (χ4v) is 1.82. The molecular weight excluding hydrogens is 310 g/mol. The Balaban J connectivity index is 3.12. The van der Waals surface area contributed by atoms with E-state index in [0.29, 0.717) is 12.0 Å². The van der Waals surface area contributed by atoms with E-state index in [2.05, 4.69) is 25.4 Å². The first-order valence-corrected chi connectivity index (χ1v) is 6.43. The smallest absolute Gasteiger partial charge is 0.387 e. The SMILES string of the molecule is COC(=O)c1cccc(CCCBr)c1OC(F)F. The fraction of sp³-hybridized carbons (Fsp3) is 0.417. The second-order valence-electron chi connectivity index (χ2n) is 3.46. The van der Waals surface area contributed by atoms with Crippen molar-refractivity contribution in [3.05, 3.63) is 29.3 Å². The molecule has 100 valence electrons. The van der Waals surface area contributed by atoms with Crippen molar-refractivity contribution in [1.82, 2.24) is 0 Å². The van der Waals surface area contributed by atoms with Crippen molar-refractivity contribution in [3.8, 4) is 5.75 Å². The number of ether oxygens (including phenoxy) is 2. The van der Waals surface area contributed by atoms with Crippen LogP contribution in [-0.2, 0) is 11.2 Å². The van der Waals surface area contributed by atoms with Crippen molar-refractivity contribution in [1.29, 1.82) is 0 Å². The number of carbonyl (C=O) groups is 1. The molecule has 0 amide bonds. The largest absolute Gasteiger partial charge is 0.465 e. The van der Waals surface area contributed by atoms with Crippen molar-refractivity contribution >= 4 is 21.9 Å². The molecule has 6 heteroatoms. The number of benzene rings is 1. The van der Waals surface area contributed by atoms with E-state index in [9.17, 15) is 13.6 Å². The molecule has 0 spiro atoms. The molecule has 0 aromatic heterocycles. The Kier molecular flexibility index (Phi) is 6.04. The lowest BCUT2D eigenvalue weighted by atomic mass is 10.0. The number of hydrogen-bond donors (Lipinski definition) is 0. The number of esters is 1. The van der Waals surface area contributed by atoms with Crippen molar-refractivity contribution in [2.45, 2.75) is 19.5 Å². The van der Waals surface area contributed by atoms with Crippen LogP contribution in [0.25, 0.3) is 0 Å². The van der Waals surface area contributed by atoms with Crippen LogP contribution >= 0.6 is 15.9 Å². The predicted molar refractivity (Wildman–Crippen MR) is 66.5 cm³/mol. The second kappa shape index (κ2) is 7.31. The van der Waals surface area contributed by atoms with Gasteiger partial charge in [0, 0.05) is 5.33 Å². The van der Waals surface area contributed by atoms with Crippen LogP contribution in [0.3, 0.4) is 0 Å². The third-order valence-electron chi connectivity index (χ3n) is 2.29. The third kappa shape index (κ3) is 3.94. The zero-order valence-electron chi connectivity index (χ0n) is 9.79. The van der Waals surface area contributed by atoms with Gasteiger partial charge in [-0.1, -0.05) is 28.1 Å². The topological polar surface area (TPSA) is 35.5 Å². The van der Waals surface area contributed by atoms with Crippen LogP contribution in [0, 0.1) is 0 Å². The summed E-state index contributed by atoms with van der Waals surface area (Å²) in [6.07, 6.45) is 1.29. The first kappa shape index (κ1) is 14.9. The average Bonchev–Trinajstić information content (AvgIpc) is 2.36. The quantitative estimate of drug-likeness (QED) is 0.594. The van der Waals surface area contributed by atoms with Crippen molar-refractivity contribution in [2.75, 3.05) is 12.4 Å². The third-order valence-corrected chi connectivity index (χ3v) is 2.85. The molecular formula is C12H13BrF2O3. The molecule has 0 saturated carbocycles. The minimum absolute atomic E-state index is 0.0184. The van der Waals surface area contributed by atoms with Gasteiger partial charge in [-0.2, -0.15) is 8.78 Å². The van der Waals surface area contributed by atoms with Crippen molar-refractivity contribution in [3.63, 3.8) is 0 Å². The molecule has 18 heavy (non-hydrogen) atoms. The first-order valence-electron chi connectivity index (χ1n) is 5.31. The van der Waals surface area contributed by atoms with Gasteiger partial charge in [0.15, 0.2) is 0 Å². The molecule has 0 N–H and O–H groups in total. The molecule has 1 aromatic rings. The van der Waals surface area contributed by atoms with Crippen LogP contribution in [0.5, 0.6) is 5.75 Å². The van der Waals surface area contributed by atoms with Gasteiger partial charge in [-0.25, -0.2) is 4.79 Å². The Morgan fingerprint density at radius 2 is 2.17 bits per heavy atom. The summed E-state index contributed by atoms with van der Waals surface area (Å²) in [5, 5.41) is 0.740. The highest BCUT2D eigenvalue weighted by atomic mass is 79.9. The summed E-state index contributed by atoms with van der Waals surface area (Å²) < 4.78 is 33.8. The highest BCUT2D eigenvalue weighted by Gasteiger charge is 2.19. The lowest BCUT2D eigenvalue weighted by molar-refractivity contribution is -0.0510. The number of hydrogen-bond acceptors (Lipinski definition) is 3. The van der Waals surface area contributed by atoms with Gasteiger partial charge >= 0.3 is 12.6 Å². The molecule has 0 radical (unpaired) electrons. The molecule has 0 fully saturated rings. The number of halogens is 3. The molecule has 0 heterocycles. The van der Waals surface area contributed by atoms with Gasteiger partial charge in [0.1, 0.15) is 11.3 Å². The maximum absolute atomic E-state index is 12.4. The van der Waals surface area contributed by atoms with Crippen molar-refractivity contribution < 1.29 is 23.0 Å². The molecule has 0 saturated heterocycles. The Morgan fingerprint density at radius 3 is 2.72 bits per heavy atom. The van der Waals surface area contributed by atoms with Gasteiger partial charge in [0.2, 0.25) is 0 Å². The van der Waals surface area contributed by atoms with E-state index < -0.39 is 12.6 Å². The van der Waals surface area contributed by atoms with Gasteiger partial charge in [-0.15, -0.1) is 0 Å². The normalized spacial score (nSPS) is 10.5. The van der Waals surface area contributed by atoms with Crippen molar-refractivity contribution in [2.24, 2.45) is 0 Å². The second-order valence-corrected chi connectivity index (χ2v) is 4.25. The number of aryl methyl sites for hydroxylation is 1. The summed E-state index contributed by atoms with van der Waals surface area (Å²) in [6.45, 7) is -2.97. The van der Waals surface area contributed by atoms with E-state index in [-0.39, 0.29) is 11.3 Å². The molecule has 0 unspecified atom stereocenters. The number of rotatable bonds is 6. The maximum atomic E-state index is 12.4. The molecule has 0 bridgehead atoms. The van der Waals surface area contributed by atoms with Crippen LogP contribution < -0.4 is 4.74 Å². The zero-order valence-corrected chi connectivity index (χ0v) is 11.4. The van der Waals surface area contributed by atoms with Gasteiger partial charge in [0.05, 0.1) is 7.11 Å². The summed E-state index contributed by atoms with van der Waals surface area (Å²) in [6, 6.07) is 4.68. The lowest BCUT2D eigenvalue weighted by Gasteiger charge is -2.13. The number of alkyl halides is 3. The van der Waals surface area contributed by atoms with E-state index in [0.717, 1.165) is 11.8 Å². The minimum atomic E-state index is -2.97. The highest BCUT2D eigenvalue weighted by Crippen LogP contribution is 2.27. The predicted octanol–water partition coefficient (Wildman–Crippen LogP) is 3.40. The van der Waals surface area contributed by atoms with E-state index in [1.54, 1.807) is 12.1 Å². The molecule has 1 aromatic carbocycles. The Morgan fingerprint density at radius 1 is 1.44 bits per heavy atom. The summed E-state index contributed by atoms with van der Waals surface area (Å²) in [7, 11) is 1.19. The van der Waals surface area contributed by atoms with Gasteiger partial charge in [0.25, 0.3) is 0 Å². The number of methoxy groups -OCH3 is 1. The lowest BCUT2D eigenvalue weighted by Crippen LogP contribution is -2.11. The minimum Gasteiger partial charge on any atom is -0.465 e. The Hall–Kier alpha value is -1.17. The van der Waals surface area contributed by atoms with Crippen LogP contribution in [0.2, 0.25) is 0 Å². The Labute approximate surface area is 112 Å². The summed E-state index contributed by atoms with van der Waals surface area (Å²) in [4.78, 5) is 11.5. The Bertz CT molecular complexity index is 410. The average molecular weight is 323 g/mol.